The van der Waals surface area contributed by atoms with Gasteiger partial charge in [-0.1, -0.05) is 25.1 Å². The third-order valence-corrected chi connectivity index (χ3v) is 2.53. The number of rotatable bonds is 4. The van der Waals surface area contributed by atoms with Gasteiger partial charge in [0.2, 0.25) is 5.91 Å². The molecule has 0 heterocycles. The highest BCUT2D eigenvalue weighted by molar-refractivity contribution is 5.76. The lowest BCUT2D eigenvalue weighted by Crippen LogP contribution is -2.19. The number of carbonyl (C=O) groups excluding carboxylic acids is 1. The smallest absolute Gasteiger partial charge is 0.220 e. The van der Waals surface area contributed by atoms with Crippen molar-refractivity contribution in [2.75, 3.05) is 19.4 Å². The Balaban J connectivity index is 2.80. The van der Waals surface area contributed by atoms with Gasteiger partial charge in [0.05, 0.1) is 0 Å². The molecule has 0 radical (unpaired) electrons. The van der Waals surface area contributed by atoms with E-state index in [-0.39, 0.29) is 11.8 Å². The molecule has 3 heteroatoms. The molecule has 1 aromatic carbocycles. The Morgan fingerprint density at radius 2 is 2.00 bits per heavy atom. The van der Waals surface area contributed by atoms with Gasteiger partial charge in [0.25, 0.3) is 0 Å². The molecule has 0 fully saturated rings. The molecule has 0 saturated carbocycles. The fourth-order valence-electron chi connectivity index (χ4n) is 1.64. The fourth-order valence-corrected chi connectivity index (χ4v) is 1.64. The largest absolute Gasteiger partial charge is 0.388 e. The first-order valence-electron chi connectivity index (χ1n) is 5.16. The molecule has 1 aromatic rings. The van der Waals surface area contributed by atoms with Gasteiger partial charge in [-0.2, -0.15) is 0 Å². The highest BCUT2D eigenvalue weighted by atomic mass is 16.1. The number of carbonyl (C=O) groups is 1. The molecule has 0 aliphatic heterocycles. The summed E-state index contributed by atoms with van der Waals surface area (Å²) in [5, 5.41) is 5.78. The maximum absolute atomic E-state index is 11.3. The van der Waals surface area contributed by atoms with Crippen molar-refractivity contribution in [2.45, 2.75) is 19.3 Å². The van der Waals surface area contributed by atoms with E-state index >= 15 is 0 Å². The zero-order chi connectivity index (χ0) is 11.3. The van der Waals surface area contributed by atoms with Gasteiger partial charge < -0.3 is 10.6 Å². The summed E-state index contributed by atoms with van der Waals surface area (Å²) in [7, 11) is 3.56. The average Bonchev–Trinajstić information content (AvgIpc) is 2.28. The second-order valence-electron chi connectivity index (χ2n) is 3.62. The molecular formula is C12H18N2O. The summed E-state index contributed by atoms with van der Waals surface area (Å²) in [6, 6.07) is 8.06. The number of benzene rings is 1. The molecule has 0 aromatic heterocycles. The van der Waals surface area contributed by atoms with E-state index in [9.17, 15) is 4.79 Å². The zero-order valence-corrected chi connectivity index (χ0v) is 9.50. The van der Waals surface area contributed by atoms with Gasteiger partial charge in [-0.25, -0.2) is 0 Å². The number of anilines is 1. The van der Waals surface area contributed by atoms with Crippen molar-refractivity contribution in [3.05, 3.63) is 29.8 Å². The van der Waals surface area contributed by atoms with Crippen molar-refractivity contribution in [3.8, 4) is 0 Å². The van der Waals surface area contributed by atoms with Gasteiger partial charge in [-0.15, -0.1) is 0 Å². The molecule has 1 atom stereocenters. The molecule has 15 heavy (non-hydrogen) atoms. The highest BCUT2D eigenvalue weighted by Crippen LogP contribution is 2.26. The minimum atomic E-state index is 0.0772. The number of amides is 1. The molecule has 0 spiro atoms. The standard InChI is InChI=1S/C12H18N2O/c1-9(8-12(15)14-3)10-6-4-5-7-11(10)13-2/h4-7,9,13H,8H2,1-3H3,(H,14,15). The van der Waals surface area contributed by atoms with Crippen LogP contribution in [0.15, 0.2) is 24.3 Å². The molecule has 1 rings (SSSR count). The first-order valence-corrected chi connectivity index (χ1v) is 5.16. The van der Waals surface area contributed by atoms with Crippen molar-refractivity contribution in [3.63, 3.8) is 0 Å². The Hall–Kier alpha value is -1.51. The predicted molar refractivity (Wildman–Crippen MR) is 63.1 cm³/mol. The van der Waals surface area contributed by atoms with Crippen LogP contribution >= 0.6 is 0 Å². The Kier molecular flexibility index (Phi) is 4.16. The monoisotopic (exact) mass is 206 g/mol. The van der Waals surface area contributed by atoms with Gasteiger partial charge in [-0.05, 0) is 17.5 Å². The van der Waals surface area contributed by atoms with Crippen LogP contribution in [0, 0.1) is 0 Å². The van der Waals surface area contributed by atoms with Crippen LogP contribution in [-0.2, 0) is 4.79 Å². The highest BCUT2D eigenvalue weighted by Gasteiger charge is 2.12. The Morgan fingerprint density at radius 3 is 2.60 bits per heavy atom. The van der Waals surface area contributed by atoms with Crippen LogP contribution in [0.1, 0.15) is 24.8 Å². The van der Waals surface area contributed by atoms with Crippen LogP contribution in [0.4, 0.5) is 5.69 Å². The van der Waals surface area contributed by atoms with Crippen molar-refractivity contribution < 1.29 is 4.79 Å². The van der Waals surface area contributed by atoms with E-state index in [4.69, 9.17) is 0 Å². The second kappa shape index (κ2) is 5.39. The lowest BCUT2D eigenvalue weighted by molar-refractivity contribution is -0.120. The topological polar surface area (TPSA) is 41.1 Å². The van der Waals surface area contributed by atoms with E-state index < -0.39 is 0 Å². The second-order valence-corrected chi connectivity index (χ2v) is 3.62. The molecule has 1 amide bonds. The first kappa shape index (κ1) is 11.6. The first-order chi connectivity index (χ1) is 7.19. The maximum atomic E-state index is 11.3. The lowest BCUT2D eigenvalue weighted by atomic mass is 9.96. The molecule has 0 bridgehead atoms. The molecule has 2 N–H and O–H groups in total. The third-order valence-electron chi connectivity index (χ3n) is 2.53. The lowest BCUT2D eigenvalue weighted by Gasteiger charge is -2.15. The van der Waals surface area contributed by atoms with Gasteiger partial charge in [0.15, 0.2) is 0 Å². The minimum absolute atomic E-state index is 0.0772. The number of para-hydroxylation sites is 1. The normalized spacial score (nSPS) is 11.9. The average molecular weight is 206 g/mol. The summed E-state index contributed by atoms with van der Waals surface area (Å²) in [5.41, 5.74) is 2.28. The van der Waals surface area contributed by atoms with Crippen LogP contribution in [0.5, 0.6) is 0 Å². The number of hydrogen-bond donors (Lipinski definition) is 2. The van der Waals surface area contributed by atoms with Crippen molar-refractivity contribution in [1.29, 1.82) is 0 Å². The van der Waals surface area contributed by atoms with Crippen LogP contribution in [-0.4, -0.2) is 20.0 Å². The molecule has 0 aliphatic rings. The number of hydrogen-bond acceptors (Lipinski definition) is 2. The van der Waals surface area contributed by atoms with Gasteiger partial charge in [-0.3, -0.25) is 4.79 Å². The molecule has 0 aliphatic carbocycles. The minimum Gasteiger partial charge on any atom is -0.388 e. The van der Waals surface area contributed by atoms with E-state index in [1.807, 2.05) is 25.2 Å². The summed E-state index contributed by atoms with van der Waals surface area (Å²) in [4.78, 5) is 11.3. The predicted octanol–water partition coefficient (Wildman–Crippen LogP) is 1.97. The van der Waals surface area contributed by atoms with Gasteiger partial charge >= 0.3 is 0 Å². The van der Waals surface area contributed by atoms with Gasteiger partial charge in [0.1, 0.15) is 0 Å². The van der Waals surface area contributed by atoms with Gasteiger partial charge in [0, 0.05) is 26.2 Å². The van der Waals surface area contributed by atoms with Crippen LogP contribution in [0.25, 0.3) is 0 Å². The van der Waals surface area contributed by atoms with Crippen LogP contribution in [0.3, 0.4) is 0 Å². The zero-order valence-electron chi connectivity index (χ0n) is 9.50. The SMILES string of the molecule is CNC(=O)CC(C)c1ccccc1NC. The number of nitrogens with one attached hydrogen (secondary N) is 2. The molecule has 1 unspecified atom stereocenters. The Labute approximate surface area is 90.9 Å². The summed E-state index contributed by atoms with van der Waals surface area (Å²) >= 11 is 0. The van der Waals surface area contributed by atoms with Crippen LogP contribution in [0.2, 0.25) is 0 Å². The quantitative estimate of drug-likeness (QED) is 0.790. The van der Waals surface area contributed by atoms with E-state index in [1.54, 1.807) is 7.05 Å². The molecular weight excluding hydrogens is 188 g/mol. The molecule has 0 saturated heterocycles. The van der Waals surface area contributed by atoms with Crippen molar-refractivity contribution in [2.24, 2.45) is 0 Å². The third kappa shape index (κ3) is 2.98. The summed E-state index contributed by atoms with van der Waals surface area (Å²) < 4.78 is 0. The van der Waals surface area contributed by atoms with E-state index in [1.165, 1.54) is 5.56 Å². The van der Waals surface area contributed by atoms with E-state index in [0.29, 0.717) is 6.42 Å². The van der Waals surface area contributed by atoms with E-state index in [2.05, 4.69) is 23.6 Å². The molecule has 82 valence electrons. The fraction of sp³-hybridized carbons (Fsp3) is 0.417. The van der Waals surface area contributed by atoms with Crippen molar-refractivity contribution in [1.82, 2.24) is 5.32 Å². The van der Waals surface area contributed by atoms with Crippen molar-refractivity contribution >= 4 is 11.6 Å². The summed E-state index contributed by atoms with van der Waals surface area (Å²) in [6.07, 6.45) is 0.523. The summed E-state index contributed by atoms with van der Waals surface area (Å²) in [5.74, 6) is 0.307. The van der Waals surface area contributed by atoms with E-state index in [0.717, 1.165) is 5.69 Å². The maximum Gasteiger partial charge on any atom is 0.220 e. The van der Waals surface area contributed by atoms with Crippen LogP contribution < -0.4 is 10.6 Å². The Morgan fingerprint density at radius 1 is 1.33 bits per heavy atom. The summed E-state index contributed by atoms with van der Waals surface area (Å²) in [6.45, 7) is 2.06. The molecule has 3 nitrogen and oxygen atoms in total. The Bertz CT molecular complexity index is 336.